The Balaban J connectivity index is 1.64. The largest absolute Gasteiger partial charge is 0.385 e. The lowest BCUT2D eigenvalue weighted by molar-refractivity contribution is -0.125. The average molecular weight is 372 g/mol. The lowest BCUT2D eigenvalue weighted by atomic mass is 9.97. The molecule has 1 atom stereocenters. The molecular weight excluding hydrogens is 347 g/mol. The highest BCUT2D eigenvalue weighted by Gasteiger charge is 2.26. The highest BCUT2D eigenvalue weighted by Crippen LogP contribution is 2.24. The highest BCUT2D eigenvalue weighted by atomic mass is 19.1. The molecule has 1 aromatic carbocycles. The van der Waals surface area contributed by atoms with E-state index in [4.69, 9.17) is 4.74 Å². The molecule has 0 saturated carbocycles. The van der Waals surface area contributed by atoms with Gasteiger partial charge in [-0.25, -0.2) is 14.4 Å². The van der Waals surface area contributed by atoms with Crippen molar-refractivity contribution in [3.05, 3.63) is 42.3 Å². The fraction of sp³-hybridized carbons (Fsp3) is 0.450. The summed E-state index contributed by atoms with van der Waals surface area (Å²) >= 11 is 0. The zero-order chi connectivity index (χ0) is 19.1. The number of methoxy groups -OCH3 is 1. The Morgan fingerprint density at radius 1 is 1.33 bits per heavy atom. The SMILES string of the molecule is COCCCNC(=O)[C@@H]1CCCN(c2ccnc(-c3ccc(F)cc3)n2)C1. The Morgan fingerprint density at radius 3 is 2.93 bits per heavy atom. The summed E-state index contributed by atoms with van der Waals surface area (Å²) in [5.74, 6) is 1.10. The molecule has 27 heavy (non-hydrogen) atoms. The van der Waals surface area contributed by atoms with Crippen LogP contribution in [0.15, 0.2) is 36.5 Å². The Morgan fingerprint density at radius 2 is 2.15 bits per heavy atom. The van der Waals surface area contributed by atoms with E-state index in [-0.39, 0.29) is 17.6 Å². The number of hydrogen-bond donors (Lipinski definition) is 1. The van der Waals surface area contributed by atoms with Gasteiger partial charge >= 0.3 is 0 Å². The van der Waals surface area contributed by atoms with Gasteiger partial charge in [-0.3, -0.25) is 4.79 Å². The topological polar surface area (TPSA) is 67.3 Å². The van der Waals surface area contributed by atoms with Gasteiger partial charge < -0.3 is 15.0 Å². The van der Waals surface area contributed by atoms with Crippen LogP contribution in [-0.2, 0) is 9.53 Å². The van der Waals surface area contributed by atoms with Crippen LogP contribution in [0.4, 0.5) is 10.2 Å². The predicted octanol–water partition coefficient (Wildman–Crippen LogP) is 2.65. The van der Waals surface area contributed by atoms with Crippen molar-refractivity contribution >= 4 is 11.7 Å². The number of nitrogens with one attached hydrogen (secondary N) is 1. The smallest absolute Gasteiger partial charge is 0.224 e. The quantitative estimate of drug-likeness (QED) is 0.757. The van der Waals surface area contributed by atoms with E-state index in [9.17, 15) is 9.18 Å². The number of nitrogens with zero attached hydrogens (tertiary/aromatic N) is 3. The number of carbonyl (C=O) groups excluding carboxylic acids is 1. The Bertz CT molecular complexity index is 754. The molecule has 0 radical (unpaired) electrons. The van der Waals surface area contributed by atoms with Crippen LogP contribution in [0, 0.1) is 11.7 Å². The van der Waals surface area contributed by atoms with Gasteiger partial charge in [0.2, 0.25) is 5.91 Å². The van der Waals surface area contributed by atoms with Crippen LogP contribution >= 0.6 is 0 Å². The molecule has 1 N–H and O–H groups in total. The number of carbonyl (C=O) groups is 1. The van der Waals surface area contributed by atoms with Gasteiger partial charge in [0.1, 0.15) is 11.6 Å². The molecule has 1 aliphatic rings. The third kappa shape index (κ3) is 5.23. The number of hydrogen-bond acceptors (Lipinski definition) is 5. The zero-order valence-corrected chi connectivity index (χ0v) is 15.5. The minimum atomic E-state index is -0.287. The van der Waals surface area contributed by atoms with E-state index in [0.29, 0.717) is 25.5 Å². The summed E-state index contributed by atoms with van der Waals surface area (Å²) in [6.45, 7) is 2.76. The second-order valence-electron chi connectivity index (χ2n) is 6.67. The van der Waals surface area contributed by atoms with E-state index in [0.717, 1.165) is 37.2 Å². The van der Waals surface area contributed by atoms with E-state index >= 15 is 0 Å². The molecule has 1 aromatic heterocycles. The van der Waals surface area contributed by atoms with E-state index in [1.807, 2.05) is 6.07 Å². The van der Waals surface area contributed by atoms with Gasteiger partial charge in [-0.2, -0.15) is 0 Å². The molecule has 3 rings (SSSR count). The molecule has 0 bridgehead atoms. The molecule has 1 amide bonds. The van der Waals surface area contributed by atoms with Gasteiger partial charge in [0.25, 0.3) is 0 Å². The first-order chi connectivity index (χ1) is 13.2. The van der Waals surface area contributed by atoms with Crippen LogP contribution in [0.1, 0.15) is 19.3 Å². The maximum atomic E-state index is 13.1. The molecule has 1 fully saturated rings. The van der Waals surface area contributed by atoms with E-state index in [1.54, 1.807) is 25.4 Å². The summed E-state index contributed by atoms with van der Waals surface area (Å²) < 4.78 is 18.1. The first-order valence-electron chi connectivity index (χ1n) is 9.28. The number of aromatic nitrogens is 2. The molecular formula is C20H25FN4O2. The van der Waals surface area contributed by atoms with Crippen molar-refractivity contribution in [2.75, 3.05) is 38.3 Å². The number of ether oxygens (including phenoxy) is 1. The molecule has 2 aromatic rings. The van der Waals surface area contributed by atoms with Crippen LogP contribution in [-0.4, -0.2) is 49.2 Å². The monoisotopic (exact) mass is 372 g/mol. The van der Waals surface area contributed by atoms with Crippen LogP contribution in [0.2, 0.25) is 0 Å². The van der Waals surface area contributed by atoms with Gasteiger partial charge in [0.15, 0.2) is 5.82 Å². The summed E-state index contributed by atoms with van der Waals surface area (Å²) in [5, 5.41) is 2.99. The van der Waals surface area contributed by atoms with Crippen molar-refractivity contribution in [2.24, 2.45) is 5.92 Å². The number of anilines is 1. The lowest BCUT2D eigenvalue weighted by Crippen LogP contribution is -2.43. The van der Waals surface area contributed by atoms with E-state index < -0.39 is 0 Å². The Hall–Kier alpha value is -2.54. The summed E-state index contributed by atoms with van der Waals surface area (Å²) in [7, 11) is 1.66. The molecule has 0 unspecified atom stereocenters. The van der Waals surface area contributed by atoms with Crippen molar-refractivity contribution in [1.82, 2.24) is 15.3 Å². The molecule has 7 heteroatoms. The number of halogens is 1. The molecule has 0 spiro atoms. The second kappa shape index (κ2) is 9.41. The van der Waals surface area contributed by atoms with Crippen molar-refractivity contribution in [2.45, 2.75) is 19.3 Å². The molecule has 1 aliphatic heterocycles. The summed E-state index contributed by atoms with van der Waals surface area (Å²) in [5.41, 5.74) is 0.766. The van der Waals surface area contributed by atoms with Gasteiger partial charge in [0.05, 0.1) is 5.92 Å². The first kappa shape index (κ1) is 19.2. The summed E-state index contributed by atoms with van der Waals surface area (Å²) in [4.78, 5) is 23.4. The van der Waals surface area contributed by atoms with Crippen LogP contribution in [0.3, 0.4) is 0 Å². The van der Waals surface area contributed by atoms with E-state index in [2.05, 4.69) is 20.2 Å². The molecule has 144 valence electrons. The Labute approximate surface area is 158 Å². The predicted molar refractivity (Wildman–Crippen MR) is 102 cm³/mol. The molecule has 1 saturated heterocycles. The standard InChI is InChI=1S/C20H25FN4O2/c1-27-13-3-10-23-20(26)16-4-2-12-25(14-16)18-9-11-22-19(24-18)15-5-7-17(21)8-6-15/h5-9,11,16H,2-4,10,12-14H2,1H3,(H,23,26)/t16-/m1/s1. The zero-order valence-electron chi connectivity index (χ0n) is 15.5. The molecule has 2 heterocycles. The minimum absolute atomic E-state index is 0.0504. The average Bonchev–Trinajstić information content (AvgIpc) is 2.72. The number of piperidine rings is 1. The van der Waals surface area contributed by atoms with Crippen LogP contribution in [0.5, 0.6) is 0 Å². The summed E-state index contributed by atoms with van der Waals surface area (Å²) in [6, 6.07) is 7.99. The van der Waals surface area contributed by atoms with Gasteiger partial charge in [-0.1, -0.05) is 0 Å². The maximum absolute atomic E-state index is 13.1. The van der Waals surface area contributed by atoms with E-state index in [1.165, 1.54) is 12.1 Å². The normalized spacial score (nSPS) is 17.0. The number of amides is 1. The molecule has 0 aliphatic carbocycles. The van der Waals surface area contributed by atoms with Crippen LogP contribution in [0.25, 0.3) is 11.4 Å². The van der Waals surface area contributed by atoms with Gasteiger partial charge in [-0.15, -0.1) is 0 Å². The van der Waals surface area contributed by atoms with Gasteiger partial charge in [-0.05, 0) is 49.6 Å². The number of rotatable bonds is 7. The Kier molecular flexibility index (Phi) is 6.70. The van der Waals surface area contributed by atoms with Crippen molar-refractivity contribution in [3.63, 3.8) is 0 Å². The second-order valence-corrected chi connectivity index (χ2v) is 6.67. The number of benzene rings is 1. The minimum Gasteiger partial charge on any atom is -0.385 e. The first-order valence-corrected chi connectivity index (χ1v) is 9.28. The highest BCUT2D eigenvalue weighted by molar-refractivity contribution is 5.79. The van der Waals surface area contributed by atoms with Crippen LogP contribution < -0.4 is 10.2 Å². The third-order valence-corrected chi connectivity index (χ3v) is 4.68. The van der Waals surface area contributed by atoms with Gasteiger partial charge in [0, 0.05) is 45.1 Å². The summed E-state index contributed by atoms with van der Waals surface area (Å²) in [6.07, 6.45) is 4.33. The fourth-order valence-corrected chi connectivity index (χ4v) is 3.24. The van der Waals surface area contributed by atoms with Crippen molar-refractivity contribution in [3.8, 4) is 11.4 Å². The maximum Gasteiger partial charge on any atom is 0.224 e. The van der Waals surface area contributed by atoms with Crippen molar-refractivity contribution in [1.29, 1.82) is 0 Å². The molecule has 6 nitrogen and oxygen atoms in total. The van der Waals surface area contributed by atoms with Crippen molar-refractivity contribution < 1.29 is 13.9 Å². The fourth-order valence-electron chi connectivity index (χ4n) is 3.24. The lowest BCUT2D eigenvalue weighted by Gasteiger charge is -2.33. The third-order valence-electron chi connectivity index (χ3n) is 4.68.